The van der Waals surface area contributed by atoms with Gasteiger partial charge in [-0.25, -0.2) is 4.79 Å². The zero-order chi connectivity index (χ0) is 16.8. The fourth-order valence-corrected chi connectivity index (χ4v) is 2.61. The Hall–Kier alpha value is -2.15. The molecule has 1 aliphatic carbocycles. The van der Waals surface area contributed by atoms with Crippen LogP contribution in [0.2, 0.25) is 0 Å². The number of thiophene rings is 1. The predicted octanol–water partition coefficient (Wildman–Crippen LogP) is 1.35. The van der Waals surface area contributed by atoms with Gasteiger partial charge in [0.2, 0.25) is 5.91 Å². The van der Waals surface area contributed by atoms with E-state index >= 15 is 0 Å². The molecule has 2 rings (SSSR count). The van der Waals surface area contributed by atoms with Gasteiger partial charge in [-0.2, -0.15) is 0 Å². The van der Waals surface area contributed by atoms with Gasteiger partial charge >= 0.3 is 5.97 Å². The first kappa shape index (κ1) is 17.2. The third kappa shape index (κ3) is 5.86. The van der Waals surface area contributed by atoms with E-state index in [9.17, 15) is 14.4 Å². The Morgan fingerprint density at radius 3 is 2.78 bits per heavy atom. The highest BCUT2D eigenvalue weighted by Crippen LogP contribution is 2.18. The zero-order valence-corrected chi connectivity index (χ0v) is 14.0. The van der Waals surface area contributed by atoms with Crippen molar-refractivity contribution in [1.29, 1.82) is 0 Å². The number of aryl methyl sites for hydroxylation is 1. The van der Waals surface area contributed by atoms with Crippen molar-refractivity contribution < 1.29 is 19.1 Å². The second-order valence-electron chi connectivity index (χ2n) is 5.50. The summed E-state index contributed by atoms with van der Waals surface area (Å²) < 4.78 is 4.89. The van der Waals surface area contributed by atoms with Crippen LogP contribution in [0.5, 0.6) is 0 Å². The summed E-state index contributed by atoms with van der Waals surface area (Å²) in [7, 11) is 1.51. The maximum Gasteiger partial charge on any atom is 0.331 e. The summed E-state index contributed by atoms with van der Waals surface area (Å²) in [4.78, 5) is 37.2. The van der Waals surface area contributed by atoms with E-state index in [1.165, 1.54) is 29.4 Å². The number of rotatable bonds is 7. The summed E-state index contributed by atoms with van der Waals surface area (Å²) >= 11 is 1.52. The number of ether oxygens (including phenoxy) is 1. The van der Waals surface area contributed by atoms with E-state index in [4.69, 9.17) is 4.74 Å². The molecule has 0 spiro atoms. The Balaban J connectivity index is 1.70. The van der Waals surface area contributed by atoms with Crippen molar-refractivity contribution in [3.63, 3.8) is 0 Å². The van der Waals surface area contributed by atoms with Crippen molar-refractivity contribution in [2.45, 2.75) is 25.8 Å². The minimum atomic E-state index is -0.581. The molecule has 0 radical (unpaired) electrons. The lowest BCUT2D eigenvalue weighted by Gasteiger charge is -2.16. The van der Waals surface area contributed by atoms with Crippen molar-refractivity contribution >= 4 is 35.2 Å². The SMILES string of the molecule is Cc1ccsc1/C=C/C(=O)OCC(=O)N(C)CC(=O)NC1CC1. The molecule has 1 aromatic rings. The predicted molar refractivity (Wildman–Crippen MR) is 87.9 cm³/mol. The molecule has 0 unspecified atom stereocenters. The summed E-state index contributed by atoms with van der Waals surface area (Å²) in [5, 5.41) is 4.73. The van der Waals surface area contributed by atoms with Crippen LogP contribution in [0.3, 0.4) is 0 Å². The van der Waals surface area contributed by atoms with E-state index in [2.05, 4.69) is 5.32 Å². The summed E-state index contributed by atoms with van der Waals surface area (Å²) in [6, 6.07) is 2.22. The van der Waals surface area contributed by atoms with Gasteiger partial charge in [0.05, 0.1) is 6.54 Å². The van der Waals surface area contributed by atoms with Gasteiger partial charge < -0.3 is 15.0 Å². The third-order valence-corrected chi connectivity index (χ3v) is 4.34. The molecule has 1 aliphatic rings. The van der Waals surface area contributed by atoms with Gasteiger partial charge in [0.15, 0.2) is 6.61 Å². The Bertz CT molecular complexity index is 619. The van der Waals surface area contributed by atoms with Crippen molar-refractivity contribution in [3.8, 4) is 0 Å². The maximum atomic E-state index is 11.8. The number of hydrogen-bond acceptors (Lipinski definition) is 5. The molecule has 0 bridgehead atoms. The highest BCUT2D eigenvalue weighted by Gasteiger charge is 2.24. The molecule has 2 amide bonds. The quantitative estimate of drug-likeness (QED) is 0.602. The van der Waals surface area contributed by atoms with Gasteiger partial charge in [-0.15, -0.1) is 11.3 Å². The van der Waals surface area contributed by atoms with Gasteiger partial charge in [-0.3, -0.25) is 9.59 Å². The van der Waals surface area contributed by atoms with Gasteiger partial charge in [-0.1, -0.05) is 0 Å². The number of esters is 1. The molecule has 0 atom stereocenters. The van der Waals surface area contributed by atoms with Crippen LogP contribution in [0.1, 0.15) is 23.3 Å². The lowest BCUT2D eigenvalue weighted by Crippen LogP contribution is -2.40. The number of hydrogen-bond donors (Lipinski definition) is 1. The van der Waals surface area contributed by atoms with Crippen LogP contribution >= 0.6 is 11.3 Å². The topological polar surface area (TPSA) is 75.7 Å². The monoisotopic (exact) mass is 336 g/mol. The van der Waals surface area contributed by atoms with E-state index in [0.717, 1.165) is 23.3 Å². The fraction of sp³-hybridized carbons (Fsp3) is 0.438. The minimum Gasteiger partial charge on any atom is -0.452 e. The molecule has 7 heteroatoms. The van der Waals surface area contributed by atoms with Crippen molar-refractivity contribution in [1.82, 2.24) is 10.2 Å². The van der Waals surface area contributed by atoms with E-state index in [0.29, 0.717) is 0 Å². The third-order valence-electron chi connectivity index (χ3n) is 3.36. The molecule has 1 heterocycles. The average molecular weight is 336 g/mol. The molecule has 0 saturated heterocycles. The standard InChI is InChI=1S/C16H20N2O4S/c1-11-7-8-23-13(11)5-6-16(21)22-10-15(20)18(2)9-14(19)17-12-3-4-12/h5-8,12H,3-4,9-10H2,1-2H3,(H,17,19)/b6-5+. The van der Waals surface area contributed by atoms with Crippen molar-refractivity contribution in [3.05, 3.63) is 28.0 Å². The van der Waals surface area contributed by atoms with Crippen LogP contribution in [0.25, 0.3) is 6.08 Å². The molecule has 124 valence electrons. The summed E-state index contributed by atoms with van der Waals surface area (Å²) in [5.74, 6) is -1.19. The number of nitrogens with zero attached hydrogens (tertiary/aromatic N) is 1. The van der Waals surface area contributed by atoms with E-state index in [1.807, 2.05) is 18.4 Å². The van der Waals surface area contributed by atoms with Gasteiger partial charge in [0.25, 0.3) is 5.91 Å². The largest absolute Gasteiger partial charge is 0.452 e. The molecule has 6 nitrogen and oxygen atoms in total. The first-order valence-corrected chi connectivity index (χ1v) is 8.26. The summed E-state index contributed by atoms with van der Waals surface area (Å²) in [5.41, 5.74) is 1.08. The molecule has 0 aromatic carbocycles. The molecular formula is C16H20N2O4S. The second-order valence-corrected chi connectivity index (χ2v) is 6.45. The Morgan fingerprint density at radius 2 is 2.17 bits per heavy atom. The van der Waals surface area contributed by atoms with Crippen LogP contribution in [0.4, 0.5) is 0 Å². The molecule has 23 heavy (non-hydrogen) atoms. The molecule has 1 saturated carbocycles. The summed E-state index contributed by atoms with van der Waals surface area (Å²) in [6.45, 7) is 1.55. The van der Waals surface area contributed by atoms with Crippen LogP contribution in [0, 0.1) is 6.92 Å². The minimum absolute atomic E-state index is 0.0306. The van der Waals surface area contributed by atoms with Gasteiger partial charge in [0.1, 0.15) is 0 Å². The van der Waals surface area contributed by atoms with Crippen molar-refractivity contribution in [2.24, 2.45) is 0 Å². The van der Waals surface area contributed by atoms with E-state index < -0.39 is 11.9 Å². The highest BCUT2D eigenvalue weighted by molar-refractivity contribution is 7.11. The summed E-state index contributed by atoms with van der Waals surface area (Å²) in [6.07, 6.45) is 4.96. The van der Waals surface area contributed by atoms with Gasteiger partial charge in [-0.05, 0) is 42.9 Å². The fourth-order valence-electron chi connectivity index (χ4n) is 1.79. The second kappa shape index (κ2) is 7.92. The van der Waals surface area contributed by atoms with Gasteiger partial charge in [0, 0.05) is 24.0 Å². The Morgan fingerprint density at radius 1 is 1.43 bits per heavy atom. The molecule has 1 fully saturated rings. The zero-order valence-electron chi connectivity index (χ0n) is 13.2. The van der Waals surface area contributed by atoms with Crippen LogP contribution in [0.15, 0.2) is 17.5 Å². The number of nitrogens with one attached hydrogen (secondary N) is 1. The smallest absolute Gasteiger partial charge is 0.331 e. The van der Waals surface area contributed by atoms with E-state index in [1.54, 1.807) is 6.08 Å². The first-order chi connectivity index (χ1) is 11.0. The molecule has 1 N–H and O–H groups in total. The average Bonchev–Trinajstić information content (AvgIpc) is 3.22. The highest BCUT2D eigenvalue weighted by atomic mass is 32.1. The lowest BCUT2D eigenvalue weighted by atomic mass is 10.3. The number of likely N-dealkylation sites (N-methyl/N-ethyl adjacent to an activating group) is 1. The molecule has 1 aromatic heterocycles. The van der Waals surface area contributed by atoms with Crippen LogP contribution < -0.4 is 5.32 Å². The lowest BCUT2D eigenvalue weighted by molar-refractivity contribution is -0.148. The van der Waals surface area contributed by atoms with Crippen LogP contribution in [-0.2, 0) is 19.1 Å². The Labute approximate surface area is 139 Å². The van der Waals surface area contributed by atoms with Crippen LogP contribution in [-0.4, -0.2) is 48.9 Å². The first-order valence-electron chi connectivity index (χ1n) is 7.38. The number of carbonyl (C=O) groups is 3. The molecular weight excluding hydrogens is 316 g/mol. The van der Waals surface area contributed by atoms with E-state index in [-0.39, 0.29) is 25.1 Å². The normalized spacial score (nSPS) is 13.8. The number of amides is 2. The number of carbonyl (C=O) groups excluding carboxylic acids is 3. The maximum absolute atomic E-state index is 11.8. The van der Waals surface area contributed by atoms with Crippen molar-refractivity contribution in [2.75, 3.05) is 20.2 Å². The molecule has 0 aliphatic heterocycles. The Kier molecular flexibility index (Phi) is 5.92.